The van der Waals surface area contributed by atoms with Gasteiger partial charge in [0.1, 0.15) is 0 Å². The van der Waals surface area contributed by atoms with Crippen LogP contribution >= 0.6 is 0 Å². The van der Waals surface area contributed by atoms with E-state index in [-0.39, 0.29) is 22.3 Å². The molecule has 13 rings (SSSR count). The van der Waals surface area contributed by atoms with E-state index in [9.17, 15) is 10.5 Å². The Morgan fingerprint density at radius 1 is 0.338 bits per heavy atom. The lowest BCUT2D eigenvalue weighted by atomic mass is 9.86. The molecule has 0 fully saturated rings. The summed E-state index contributed by atoms with van der Waals surface area (Å²) in [6, 6.07) is 78.6. The predicted octanol–water partition coefficient (Wildman–Crippen LogP) is 19.9. The van der Waals surface area contributed by atoms with Crippen LogP contribution in [0, 0.1) is 50.4 Å². The monoisotopic (exact) mass is 1040 g/mol. The van der Waals surface area contributed by atoms with Crippen LogP contribution in [0.25, 0.3) is 122 Å². The van der Waals surface area contributed by atoms with Crippen molar-refractivity contribution < 1.29 is 13.2 Å². The van der Waals surface area contributed by atoms with Gasteiger partial charge in [-0.1, -0.05) is 168 Å². The summed E-state index contributed by atoms with van der Waals surface area (Å²) in [5, 5.41) is 25.4. The molecule has 0 N–H and O–H groups in total. The van der Waals surface area contributed by atoms with Gasteiger partial charge in [0.2, 0.25) is 0 Å². The van der Waals surface area contributed by atoms with Crippen LogP contribution in [-0.4, -0.2) is 9.13 Å². The first-order valence-corrected chi connectivity index (χ1v) is 26.6. The van der Waals surface area contributed by atoms with Gasteiger partial charge in [-0.3, -0.25) is 0 Å². The van der Waals surface area contributed by atoms with Crippen molar-refractivity contribution in [3.05, 3.63) is 263 Å². The summed E-state index contributed by atoms with van der Waals surface area (Å²) in [4.78, 5) is 0. The fourth-order valence-corrected chi connectivity index (χ4v) is 12.0. The lowest BCUT2D eigenvalue weighted by Gasteiger charge is -2.24. The number of benzene rings is 11. The fraction of sp³-hybridized carbons (Fsp3) is 0.0685. The third kappa shape index (κ3) is 8.48. The van der Waals surface area contributed by atoms with Gasteiger partial charge in [-0.05, 0) is 162 Å². The smallest absolute Gasteiger partial charge is 0.309 e. The van der Waals surface area contributed by atoms with Gasteiger partial charge in [-0.2, -0.15) is 23.7 Å². The molecule has 2 aromatic heterocycles. The Balaban J connectivity index is 1.16. The number of nitriles is 2. The van der Waals surface area contributed by atoms with Crippen molar-refractivity contribution in [2.45, 2.75) is 33.9 Å². The SMILES string of the molecule is Cc1cccc(-c2ccc3c(c2)c2cc(-c4cccc(C)c4)ccc2n3-c2cccc(C#N)c2-c2c(-c3ccc(C#N)cc3C(F)(F)F)cccc2-n2c3ccc(-c4cccc(C)c4)cc3c3cc(-c4cccc(C)c4)ccc32)c1. The summed E-state index contributed by atoms with van der Waals surface area (Å²) in [6.07, 6.45) is -4.85. The molecule has 0 saturated carbocycles. The molecule has 80 heavy (non-hydrogen) atoms. The minimum atomic E-state index is -4.85. The van der Waals surface area contributed by atoms with Gasteiger partial charge >= 0.3 is 6.18 Å². The van der Waals surface area contributed by atoms with Gasteiger partial charge in [0, 0.05) is 32.7 Å². The van der Waals surface area contributed by atoms with Crippen LogP contribution < -0.4 is 0 Å². The van der Waals surface area contributed by atoms with Crippen LogP contribution in [0.15, 0.2) is 224 Å². The van der Waals surface area contributed by atoms with Gasteiger partial charge in [-0.15, -0.1) is 0 Å². The van der Waals surface area contributed by atoms with Gasteiger partial charge in [0.05, 0.1) is 62.3 Å². The normalized spacial score (nSPS) is 11.7. The molecule has 0 saturated heterocycles. The Bertz CT molecular complexity index is 4580. The topological polar surface area (TPSA) is 57.4 Å². The van der Waals surface area contributed by atoms with Crippen LogP contribution in [0.1, 0.15) is 38.9 Å². The third-order valence-electron chi connectivity index (χ3n) is 15.6. The number of hydrogen-bond donors (Lipinski definition) is 0. The van der Waals surface area contributed by atoms with Gasteiger partial charge in [0.15, 0.2) is 0 Å². The minimum absolute atomic E-state index is 0.117. The summed E-state index contributed by atoms with van der Waals surface area (Å²) in [5.41, 5.74) is 17.6. The van der Waals surface area contributed by atoms with E-state index in [0.29, 0.717) is 22.5 Å². The number of hydrogen-bond acceptors (Lipinski definition) is 2. The fourth-order valence-electron chi connectivity index (χ4n) is 12.0. The Labute approximate surface area is 461 Å². The molecule has 7 heteroatoms. The number of aryl methyl sites for hydroxylation is 4. The zero-order valence-electron chi connectivity index (χ0n) is 44.3. The highest BCUT2D eigenvalue weighted by atomic mass is 19.4. The van der Waals surface area contributed by atoms with Crippen LogP contribution in [-0.2, 0) is 6.18 Å². The molecular formula is C73H49F3N4. The number of rotatable bonds is 8. The quantitative estimate of drug-likeness (QED) is 0.152. The zero-order chi connectivity index (χ0) is 55.0. The maximum absolute atomic E-state index is 15.8. The molecule has 4 nitrogen and oxygen atoms in total. The van der Waals surface area contributed by atoms with Gasteiger partial charge in [0.25, 0.3) is 0 Å². The first kappa shape index (κ1) is 49.4. The van der Waals surface area contributed by atoms with Crippen LogP contribution in [0.2, 0.25) is 0 Å². The molecule has 0 aliphatic carbocycles. The second-order valence-corrected chi connectivity index (χ2v) is 21.0. The average molecular weight is 1040 g/mol. The van der Waals surface area contributed by atoms with Crippen molar-refractivity contribution in [2.24, 2.45) is 0 Å². The summed E-state index contributed by atoms with van der Waals surface area (Å²) in [6.45, 7) is 8.32. The van der Waals surface area contributed by atoms with E-state index in [1.807, 2.05) is 24.3 Å². The first-order valence-electron chi connectivity index (χ1n) is 26.6. The predicted molar refractivity (Wildman–Crippen MR) is 321 cm³/mol. The number of nitrogens with zero attached hydrogens (tertiary/aromatic N) is 4. The molecule has 11 aromatic carbocycles. The molecule has 0 aliphatic heterocycles. The molecule has 0 spiro atoms. The third-order valence-corrected chi connectivity index (χ3v) is 15.6. The van der Waals surface area contributed by atoms with Crippen molar-refractivity contribution in [3.8, 4) is 90.3 Å². The second-order valence-electron chi connectivity index (χ2n) is 21.0. The van der Waals surface area contributed by atoms with E-state index in [0.717, 1.165) is 116 Å². The van der Waals surface area contributed by atoms with Crippen molar-refractivity contribution in [1.29, 1.82) is 10.5 Å². The molecule has 0 bridgehead atoms. The summed E-state index contributed by atoms with van der Waals surface area (Å²) in [7, 11) is 0. The summed E-state index contributed by atoms with van der Waals surface area (Å²) in [5.74, 6) is 0. The van der Waals surface area contributed by atoms with Crippen molar-refractivity contribution in [3.63, 3.8) is 0 Å². The standard InChI is InChI=1S/C73H49F3N4/c1-44-11-5-15-49(33-44)53-24-29-65-60(38-53)61-39-54(50-16-6-12-45(2)34-50)25-30-66(61)79(65)69-21-9-19-57(43-78)71(69)72-59(58-28-23-48(42-77)37-64(58)73(74,75)76)20-10-22-70(72)80-67-31-26-55(51-17-7-13-46(3)35-51)40-62(67)63-41-56(27-32-68(63)80)52-18-8-14-47(4)36-52/h5-41H,1-4H3. The van der Waals surface area contributed by atoms with E-state index < -0.39 is 11.7 Å². The van der Waals surface area contributed by atoms with Gasteiger partial charge < -0.3 is 9.13 Å². The summed E-state index contributed by atoms with van der Waals surface area (Å²) < 4.78 is 51.6. The highest BCUT2D eigenvalue weighted by Crippen LogP contribution is 2.50. The zero-order valence-corrected chi connectivity index (χ0v) is 44.3. The highest BCUT2D eigenvalue weighted by Gasteiger charge is 2.36. The first-order chi connectivity index (χ1) is 38.8. The number of aromatic nitrogens is 2. The minimum Gasteiger partial charge on any atom is -0.309 e. The van der Waals surface area contributed by atoms with Crippen LogP contribution in [0.3, 0.4) is 0 Å². The van der Waals surface area contributed by atoms with E-state index in [2.05, 4.69) is 213 Å². The number of fused-ring (bicyclic) bond motifs is 6. The molecule has 13 aromatic rings. The Hall–Kier alpha value is -10.2. The molecule has 0 unspecified atom stereocenters. The van der Waals surface area contributed by atoms with Gasteiger partial charge in [-0.25, -0.2) is 0 Å². The molecule has 0 aliphatic rings. The largest absolute Gasteiger partial charge is 0.417 e. The molecule has 0 radical (unpaired) electrons. The van der Waals surface area contributed by atoms with E-state index in [4.69, 9.17) is 0 Å². The highest BCUT2D eigenvalue weighted by molar-refractivity contribution is 6.15. The molecule has 0 atom stereocenters. The maximum atomic E-state index is 15.8. The van der Waals surface area contributed by atoms with E-state index >= 15 is 13.2 Å². The summed E-state index contributed by atoms with van der Waals surface area (Å²) >= 11 is 0. The Morgan fingerprint density at radius 2 is 0.700 bits per heavy atom. The number of alkyl halides is 3. The number of halogens is 3. The lowest BCUT2D eigenvalue weighted by molar-refractivity contribution is -0.137. The van der Waals surface area contributed by atoms with Crippen LogP contribution in [0.5, 0.6) is 0 Å². The van der Waals surface area contributed by atoms with Crippen LogP contribution in [0.4, 0.5) is 13.2 Å². The van der Waals surface area contributed by atoms with Crippen molar-refractivity contribution in [2.75, 3.05) is 0 Å². The average Bonchev–Trinajstić information content (AvgIpc) is 4.19. The lowest BCUT2D eigenvalue weighted by Crippen LogP contribution is -2.09. The Kier molecular flexibility index (Phi) is 11.9. The van der Waals surface area contributed by atoms with Crippen molar-refractivity contribution in [1.82, 2.24) is 9.13 Å². The van der Waals surface area contributed by atoms with E-state index in [1.54, 1.807) is 18.2 Å². The molecule has 0 amide bonds. The molecule has 382 valence electrons. The molecule has 2 heterocycles. The maximum Gasteiger partial charge on any atom is 0.417 e. The second kappa shape index (κ2) is 19.4. The molecular weight excluding hydrogens is 990 g/mol. The van der Waals surface area contributed by atoms with E-state index in [1.165, 1.54) is 12.1 Å². The van der Waals surface area contributed by atoms with Crippen molar-refractivity contribution >= 4 is 43.6 Å². The Morgan fingerprint density at radius 3 is 1.06 bits per heavy atom.